The van der Waals surface area contributed by atoms with Gasteiger partial charge in [0.05, 0.1) is 8.66 Å². The molecule has 1 amide bonds. The molecule has 5 heteroatoms. The van der Waals surface area contributed by atoms with Crippen LogP contribution >= 0.6 is 27.3 Å². The van der Waals surface area contributed by atoms with Gasteiger partial charge in [0.2, 0.25) is 0 Å². The second-order valence-electron chi connectivity index (χ2n) is 4.89. The van der Waals surface area contributed by atoms with Crippen LogP contribution in [0.3, 0.4) is 0 Å². The number of hydrogen-bond acceptors (Lipinski definition) is 3. The topological polar surface area (TPSA) is 32.3 Å². The van der Waals surface area contributed by atoms with Crippen molar-refractivity contribution in [3.63, 3.8) is 0 Å². The third-order valence-corrected chi connectivity index (χ3v) is 5.41. The number of hydrogen-bond donors (Lipinski definition) is 1. The second-order valence-corrected chi connectivity index (χ2v) is 7.35. The van der Waals surface area contributed by atoms with E-state index in [-0.39, 0.29) is 5.91 Å². The summed E-state index contributed by atoms with van der Waals surface area (Å²) in [6.45, 7) is 4.18. The van der Waals surface area contributed by atoms with E-state index in [9.17, 15) is 4.79 Å². The zero-order valence-corrected chi connectivity index (χ0v) is 12.1. The fourth-order valence-corrected chi connectivity index (χ4v) is 4.40. The van der Waals surface area contributed by atoms with E-state index in [1.807, 2.05) is 12.1 Å². The van der Waals surface area contributed by atoms with Gasteiger partial charge in [-0.05, 0) is 47.3 Å². The van der Waals surface area contributed by atoms with Crippen LogP contribution in [0.15, 0.2) is 15.9 Å². The summed E-state index contributed by atoms with van der Waals surface area (Å²) < 4.78 is 1.02. The average Bonchev–Trinajstić information content (AvgIpc) is 2.92. The van der Waals surface area contributed by atoms with Crippen LogP contribution in [-0.4, -0.2) is 36.0 Å². The molecule has 3 heterocycles. The van der Waals surface area contributed by atoms with Crippen LogP contribution in [0.5, 0.6) is 0 Å². The number of carbonyl (C=O) groups excluding carboxylic acids is 1. The molecule has 17 heavy (non-hydrogen) atoms. The first-order valence-corrected chi connectivity index (χ1v) is 7.56. The summed E-state index contributed by atoms with van der Waals surface area (Å²) in [6, 6.07) is 4.64. The molecule has 3 nitrogen and oxygen atoms in total. The Morgan fingerprint density at radius 1 is 1.53 bits per heavy atom. The minimum atomic E-state index is 0.199. The maximum atomic E-state index is 12.5. The Kier molecular flexibility index (Phi) is 3.00. The third kappa shape index (κ3) is 1.94. The van der Waals surface area contributed by atoms with Crippen LogP contribution in [0.25, 0.3) is 0 Å². The quantitative estimate of drug-likeness (QED) is 0.863. The summed E-state index contributed by atoms with van der Waals surface area (Å²) in [5, 5.41) is 3.39. The summed E-state index contributed by atoms with van der Waals surface area (Å²) in [6.07, 6.45) is 1.13. The number of nitrogens with one attached hydrogen (secondary N) is 1. The van der Waals surface area contributed by atoms with Gasteiger partial charge in [-0.3, -0.25) is 4.79 Å². The van der Waals surface area contributed by atoms with Gasteiger partial charge < -0.3 is 10.2 Å². The maximum absolute atomic E-state index is 12.5. The number of fused-ring (bicyclic) bond motifs is 1. The van der Waals surface area contributed by atoms with E-state index in [1.54, 1.807) is 0 Å². The molecular weight excluding hydrogens is 300 g/mol. The number of likely N-dealkylation sites (tertiary alicyclic amines) is 1. The summed E-state index contributed by atoms with van der Waals surface area (Å²) in [4.78, 5) is 15.4. The molecule has 92 valence electrons. The van der Waals surface area contributed by atoms with E-state index in [0.29, 0.717) is 18.0 Å². The van der Waals surface area contributed by atoms with Crippen molar-refractivity contribution in [2.45, 2.75) is 25.4 Å². The molecule has 2 aliphatic rings. The van der Waals surface area contributed by atoms with Gasteiger partial charge in [-0.25, -0.2) is 0 Å². The fourth-order valence-electron chi connectivity index (χ4n) is 3.07. The first-order chi connectivity index (χ1) is 8.16. The molecule has 0 radical (unpaired) electrons. The number of halogens is 1. The highest BCUT2D eigenvalue weighted by Crippen LogP contribution is 2.34. The van der Waals surface area contributed by atoms with Crippen molar-refractivity contribution in [1.82, 2.24) is 10.2 Å². The predicted molar refractivity (Wildman–Crippen MR) is 72.4 cm³/mol. The van der Waals surface area contributed by atoms with Crippen molar-refractivity contribution in [1.29, 1.82) is 0 Å². The molecule has 0 spiro atoms. The highest BCUT2D eigenvalue weighted by Gasteiger charge is 2.44. The van der Waals surface area contributed by atoms with Crippen LogP contribution in [0.2, 0.25) is 0 Å². The third-order valence-electron chi connectivity index (χ3n) is 3.80. The minimum Gasteiger partial charge on any atom is -0.331 e. The van der Waals surface area contributed by atoms with Crippen molar-refractivity contribution in [3.05, 3.63) is 20.8 Å². The lowest BCUT2D eigenvalue weighted by Gasteiger charge is -2.27. The molecule has 1 N–H and O–H groups in total. The molecule has 0 aromatic carbocycles. The van der Waals surface area contributed by atoms with E-state index in [1.165, 1.54) is 11.3 Å². The molecule has 0 saturated carbocycles. The number of amides is 1. The standard InChI is InChI=1S/C12H15BrN2OS/c1-7-4-8-5-14-6-9(8)15(7)12(16)10-2-3-11(13)17-10/h2-3,7-9,14H,4-6H2,1H3. The summed E-state index contributed by atoms with van der Waals surface area (Å²) in [7, 11) is 0. The van der Waals surface area contributed by atoms with Crippen LogP contribution in [0, 0.1) is 5.92 Å². The SMILES string of the molecule is CC1CC2CNCC2N1C(=O)c1ccc(Br)s1. The molecule has 3 rings (SSSR count). The van der Waals surface area contributed by atoms with Gasteiger partial charge in [0.25, 0.3) is 5.91 Å². The first kappa shape index (κ1) is 11.7. The number of rotatable bonds is 1. The van der Waals surface area contributed by atoms with Gasteiger partial charge in [-0.1, -0.05) is 0 Å². The van der Waals surface area contributed by atoms with Crippen molar-refractivity contribution < 1.29 is 4.79 Å². The average molecular weight is 315 g/mol. The zero-order valence-electron chi connectivity index (χ0n) is 9.65. The van der Waals surface area contributed by atoms with Crippen LogP contribution in [0.1, 0.15) is 23.0 Å². The summed E-state index contributed by atoms with van der Waals surface area (Å²) >= 11 is 4.94. The smallest absolute Gasteiger partial charge is 0.264 e. The lowest BCUT2D eigenvalue weighted by molar-refractivity contribution is 0.0687. The molecule has 2 saturated heterocycles. The molecule has 2 fully saturated rings. The lowest BCUT2D eigenvalue weighted by atomic mass is 10.0. The lowest BCUT2D eigenvalue weighted by Crippen LogP contribution is -2.42. The Labute approximate surface area is 113 Å². The van der Waals surface area contributed by atoms with Gasteiger partial charge in [0, 0.05) is 25.2 Å². The van der Waals surface area contributed by atoms with Gasteiger partial charge in [-0.15, -0.1) is 11.3 Å². The number of nitrogens with zero attached hydrogens (tertiary/aromatic N) is 1. The van der Waals surface area contributed by atoms with E-state index < -0.39 is 0 Å². The van der Waals surface area contributed by atoms with E-state index in [2.05, 4.69) is 33.1 Å². The van der Waals surface area contributed by atoms with E-state index in [0.717, 1.165) is 28.2 Å². The molecule has 1 aromatic heterocycles. The normalized spacial score (nSPS) is 31.9. The Morgan fingerprint density at radius 2 is 2.35 bits per heavy atom. The minimum absolute atomic E-state index is 0.199. The Bertz CT molecular complexity index is 447. The monoisotopic (exact) mass is 314 g/mol. The highest BCUT2D eigenvalue weighted by molar-refractivity contribution is 9.11. The van der Waals surface area contributed by atoms with Crippen LogP contribution in [0.4, 0.5) is 0 Å². The van der Waals surface area contributed by atoms with Crippen LogP contribution < -0.4 is 5.32 Å². The maximum Gasteiger partial charge on any atom is 0.264 e. The second kappa shape index (κ2) is 4.37. The molecule has 2 aliphatic heterocycles. The van der Waals surface area contributed by atoms with Gasteiger partial charge in [-0.2, -0.15) is 0 Å². The first-order valence-electron chi connectivity index (χ1n) is 5.95. The Morgan fingerprint density at radius 3 is 3.06 bits per heavy atom. The van der Waals surface area contributed by atoms with Crippen molar-refractivity contribution in [2.24, 2.45) is 5.92 Å². The zero-order chi connectivity index (χ0) is 12.0. The molecule has 3 atom stereocenters. The van der Waals surface area contributed by atoms with E-state index in [4.69, 9.17) is 0 Å². The highest BCUT2D eigenvalue weighted by atomic mass is 79.9. The predicted octanol–water partition coefficient (Wildman–Crippen LogP) is 2.33. The summed E-state index contributed by atoms with van der Waals surface area (Å²) in [5.74, 6) is 0.849. The molecular formula is C12H15BrN2OS. The molecule has 1 aromatic rings. The van der Waals surface area contributed by atoms with Gasteiger partial charge in [0.1, 0.15) is 0 Å². The molecule has 0 bridgehead atoms. The summed E-state index contributed by atoms with van der Waals surface area (Å²) in [5.41, 5.74) is 0. The van der Waals surface area contributed by atoms with Crippen molar-refractivity contribution >= 4 is 33.2 Å². The van der Waals surface area contributed by atoms with Gasteiger partial charge >= 0.3 is 0 Å². The van der Waals surface area contributed by atoms with Crippen molar-refractivity contribution in [3.8, 4) is 0 Å². The molecule has 0 aliphatic carbocycles. The molecule has 3 unspecified atom stereocenters. The van der Waals surface area contributed by atoms with E-state index >= 15 is 0 Å². The Hall–Kier alpha value is -0.390. The van der Waals surface area contributed by atoms with Crippen LogP contribution in [-0.2, 0) is 0 Å². The number of carbonyl (C=O) groups is 1. The fraction of sp³-hybridized carbons (Fsp3) is 0.583. The van der Waals surface area contributed by atoms with Gasteiger partial charge in [0.15, 0.2) is 0 Å². The van der Waals surface area contributed by atoms with Crippen molar-refractivity contribution in [2.75, 3.05) is 13.1 Å². The Balaban J connectivity index is 1.85. The number of thiophene rings is 1. The largest absolute Gasteiger partial charge is 0.331 e.